The second-order valence-corrected chi connectivity index (χ2v) is 9.01. The number of ether oxygens (including phenoxy) is 2. The predicted molar refractivity (Wildman–Crippen MR) is 131 cm³/mol. The molecule has 4 aromatic rings. The minimum atomic E-state index is -0.0780. The summed E-state index contributed by atoms with van der Waals surface area (Å²) in [4.78, 5) is 34.6. The van der Waals surface area contributed by atoms with E-state index in [1.165, 1.54) is 5.56 Å². The van der Waals surface area contributed by atoms with Crippen molar-refractivity contribution in [1.82, 2.24) is 23.8 Å². The van der Waals surface area contributed by atoms with Gasteiger partial charge in [-0.2, -0.15) is 0 Å². The highest BCUT2D eigenvalue weighted by molar-refractivity contribution is 5.77. The number of nitrogens with zero attached hydrogens (tertiary/aromatic N) is 5. The van der Waals surface area contributed by atoms with E-state index in [-0.39, 0.29) is 18.3 Å². The first-order chi connectivity index (χ1) is 17.2. The van der Waals surface area contributed by atoms with E-state index in [1.807, 2.05) is 51.9 Å². The molecule has 0 bridgehead atoms. The second-order valence-electron chi connectivity index (χ2n) is 9.01. The molecule has 35 heavy (non-hydrogen) atoms. The van der Waals surface area contributed by atoms with Crippen molar-refractivity contribution < 1.29 is 14.3 Å². The lowest BCUT2D eigenvalue weighted by molar-refractivity contribution is -0.133. The summed E-state index contributed by atoms with van der Waals surface area (Å²) in [5.74, 6) is 1.74. The van der Waals surface area contributed by atoms with Crippen molar-refractivity contribution in [2.45, 2.75) is 25.9 Å². The molecule has 1 amide bonds. The molecule has 9 nitrogen and oxygen atoms in total. The van der Waals surface area contributed by atoms with Gasteiger partial charge in [-0.15, -0.1) is 0 Å². The SMILES string of the molecule is O=C(CCCn1c(=O)c2cccn2c2cccnc21)N1CCN(Cc2ccc3c(c2)OCO3)CC1. The number of aryl methyl sites for hydroxylation is 1. The van der Waals surface area contributed by atoms with Gasteiger partial charge in [0.1, 0.15) is 5.52 Å². The minimum Gasteiger partial charge on any atom is -0.454 e. The summed E-state index contributed by atoms with van der Waals surface area (Å²) in [7, 11) is 0. The zero-order valence-corrected chi connectivity index (χ0v) is 19.4. The van der Waals surface area contributed by atoms with E-state index in [1.54, 1.807) is 10.8 Å². The Labute approximate surface area is 202 Å². The third-order valence-electron chi connectivity index (χ3n) is 6.83. The third kappa shape index (κ3) is 4.12. The van der Waals surface area contributed by atoms with Gasteiger partial charge in [-0.1, -0.05) is 6.07 Å². The van der Waals surface area contributed by atoms with E-state index in [9.17, 15) is 9.59 Å². The van der Waals surface area contributed by atoms with E-state index in [4.69, 9.17) is 9.47 Å². The van der Waals surface area contributed by atoms with E-state index >= 15 is 0 Å². The summed E-state index contributed by atoms with van der Waals surface area (Å²) in [6.07, 6.45) is 4.58. The van der Waals surface area contributed by atoms with Crippen molar-refractivity contribution >= 4 is 22.6 Å². The van der Waals surface area contributed by atoms with Gasteiger partial charge in [-0.05, 0) is 48.4 Å². The Morgan fingerprint density at radius 2 is 1.80 bits per heavy atom. The van der Waals surface area contributed by atoms with Crippen LogP contribution in [-0.4, -0.2) is 62.6 Å². The van der Waals surface area contributed by atoms with Crippen LogP contribution < -0.4 is 15.0 Å². The zero-order chi connectivity index (χ0) is 23.8. The molecule has 5 heterocycles. The molecule has 2 aliphatic heterocycles. The second kappa shape index (κ2) is 9.07. The molecule has 3 aromatic heterocycles. The number of hydrogen-bond donors (Lipinski definition) is 0. The zero-order valence-electron chi connectivity index (χ0n) is 19.4. The van der Waals surface area contributed by atoms with Crippen LogP contribution in [-0.2, 0) is 17.9 Å². The maximum Gasteiger partial charge on any atom is 0.276 e. The molecule has 1 saturated heterocycles. The summed E-state index contributed by atoms with van der Waals surface area (Å²) in [5, 5.41) is 0. The third-order valence-corrected chi connectivity index (χ3v) is 6.83. The highest BCUT2D eigenvalue weighted by Gasteiger charge is 2.22. The number of amides is 1. The van der Waals surface area contributed by atoms with Gasteiger partial charge in [0.15, 0.2) is 17.1 Å². The molecular weight excluding hydrogens is 446 g/mol. The van der Waals surface area contributed by atoms with Crippen LogP contribution in [0.3, 0.4) is 0 Å². The fourth-order valence-electron chi connectivity index (χ4n) is 4.99. The summed E-state index contributed by atoms with van der Waals surface area (Å²) < 4.78 is 14.4. The van der Waals surface area contributed by atoms with E-state index < -0.39 is 0 Å². The minimum absolute atomic E-state index is 0.0780. The number of carbonyl (C=O) groups excluding carboxylic acids is 1. The van der Waals surface area contributed by atoms with Crippen LogP contribution in [0.1, 0.15) is 18.4 Å². The Hall–Kier alpha value is -3.85. The normalized spacial score (nSPS) is 15.8. The monoisotopic (exact) mass is 473 g/mol. The number of piperazine rings is 1. The van der Waals surface area contributed by atoms with Gasteiger partial charge in [0.05, 0.1) is 5.52 Å². The van der Waals surface area contributed by atoms with Crippen molar-refractivity contribution in [2.24, 2.45) is 0 Å². The van der Waals surface area contributed by atoms with Gasteiger partial charge in [-0.25, -0.2) is 4.98 Å². The fourth-order valence-corrected chi connectivity index (χ4v) is 4.99. The molecule has 9 heteroatoms. The molecule has 1 aromatic carbocycles. The van der Waals surface area contributed by atoms with Crippen LogP contribution in [0.2, 0.25) is 0 Å². The number of fused-ring (bicyclic) bond motifs is 4. The Balaban J connectivity index is 1.04. The van der Waals surface area contributed by atoms with Gasteiger partial charge in [0.25, 0.3) is 5.56 Å². The molecule has 0 radical (unpaired) electrons. The molecule has 6 rings (SSSR count). The molecule has 0 aliphatic carbocycles. The molecule has 0 spiro atoms. The Bertz CT molecular complexity index is 1450. The smallest absolute Gasteiger partial charge is 0.276 e. The van der Waals surface area contributed by atoms with Crippen molar-refractivity contribution in [2.75, 3.05) is 33.0 Å². The summed E-state index contributed by atoms with van der Waals surface area (Å²) >= 11 is 0. The average molecular weight is 474 g/mol. The van der Waals surface area contributed by atoms with Gasteiger partial charge in [0, 0.05) is 58.1 Å². The maximum absolute atomic E-state index is 13.0. The molecule has 1 fully saturated rings. The Morgan fingerprint density at radius 1 is 0.971 bits per heavy atom. The summed E-state index contributed by atoms with van der Waals surface area (Å²) in [6, 6.07) is 13.6. The van der Waals surface area contributed by atoms with Crippen LogP contribution in [0.5, 0.6) is 11.5 Å². The average Bonchev–Trinajstić information content (AvgIpc) is 3.56. The first-order valence-electron chi connectivity index (χ1n) is 12.0. The highest BCUT2D eigenvalue weighted by Crippen LogP contribution is 2.32. The van der Waals surface area contributed by atoms with E-state index in [0.29, 0.717) is 43.6 Å². The highest BCUT2D eigenvalue weighted by atomic mass is 16.7. The quantitative estimate of drug-likeness (QED) is 0.428. The van der Waals surface area contributed by atoms with Crippen LogP contribution in [0.25, 0.3) is 16.7 Å². The maximum atomic E-state index is 13.0. The van der Waals surface area contributed by atoms with Crippen molar-refractivity contribution in [3.63, 3.8) is 0 Å². The van der Waals surface area contributed by atoms with Gasteiger partial charge >= 0.3 is 0 Å². The first-order valence-corrected chi connectivity index (χ1v) is 12.0. The molecule has 0 saturated carbocycles. The van der Waals surface area contributed by atoms with Crippen LogP contribution >= 0.6 is 0 Å². The lowest BCUT2D eigenvalue weighted by atomic mass is 10.1. The number of carbonyl (C=O) groups is 1. The standard InChI is InChI=1S/C26H27N5O4/c32-24(29-14-12-28(13-15-29)17-19-7-8-22-23(16-19)35-18-34-22)6-3-11-31-25-20(4-1-9-27-25)30-10-2-5-21(30)26(31)33/h1-2,4-5,7-10,16H,3,6,11-15,17-18H2. The topological polar surface area (TPSA) is 81.3 Å². The number of rotatable bonds is 6. The summed E-state index contributed by atoms with van der Waals surface area (Å²) in [6.45, 7) is 4.65. The van der Waals surface area contributed by atoms with Crippen molar-refractivity contribution in [1.29, 1.82) is 0 Å². The molecule has 0 unspecified atom stereocenters. The fraction of sp³-hybridized carbons (Fsp3) is 0.346. The predicted octanol–water partition coefficient (Wildman–Crippen LogP) is 2.50. The Kier molecular flexibility index (Phi) is 5.61. The van der Waals surface area contributed by atoms with Crippen LogP contribution in [0.15, 0.2) is 59.7 Å². The van der Waals surface area contributed by atoms with Gasteiger partial charge in [-0.3, -0.25) is 19.1 Å². The number of hydrogen-bond acceptors (Lipinski definition) is 6. The van der Waals surface area contributed by atoms with E-state index in [0.717, 1.165) is 36.6 Å². The molecule has 0 N–H and O–H groups in total. The first kappa shape index (κ1) is 21.7. The number of aromatic nitrogens is 3. The van der Waals surface area contributed by atoms with Crippen molar-refractivity contribution in [3.8, 4) is 11.5 Å². The number of benzene rings is 1. The Morgan fingerprint density at radius 3 is 2.69 bits per heavy atom. The molecule has 0 atom stereocenters. The largest absolute Gasteiger partial charge is 0.454 e. The van der Waals surface area contributed by atoms with Crippen LogP contribution in [0.4, 0.5) is 0 Å². The lowest BCUT2D eigenvalue weighted by Crippen LogP contribution is -2.48. The van der Waals surface area contributed by atoms with Gasteiger partial charge < -0.3 is 18.8 Å². The summed E-state index contributed by atoms with van der Waals surface area (Å²) in [5.41, 5.74) is 3.25. The lowest BCUT2D eigenvalue weighted by Gasteiger charge is -2.35. The van der Waals surface area contributed by atoms with Crippen LogP contribution in [0, 0.1) is 0 Å². The molecule has 2 aliphatic rings. The van der Waals surface area contributed by atoms with Crippen molar-refractivity contribution in [3.05, 3.63) is 70.8 Å². The van der Waals surface area contributed by atoms with Gasteiger partial charge in [0.2, 0.25) is 12.7 Å². The molecular formula is C26H27N5O4. The molecule has 180 valence electrons. The van der Waals surface area contributed by atoms with E-state index in [2.05, 4.69) is 16.0 Å². The number of pyridine rings is 1.